The molecule has 0 amide bonds. The summed E-state index contributed by atoms with van der Waals surface area (Å²) in [5.74, 6) is 0.355. The van der Waals surface area contributed by atoms with E-state index >= 15 is 0 Å². The smallest absolute Gasteiger partial charge is 0.344 e. The van der Waals surface area contributed by atoms with Crippen LogP contribution in [0.25, 0.3) is 5.57 Å². The summed E-state index contributed by atoms with van der Waals surface area (Å²) in [5.41, 5.74) is 2.41. The second-order valence-electron chi connectivity index (χ2n) is 5.15. The van der Waals surface area contributed by atoms with Crippen molar-refractivity contribution in [1.29, 1.82) is 0 Å². The molecule has 3 heteroatoms. The highest BCUT2D eigenvalue weighted by atomic mass is 32.2. The third-order valence-electron chi connectivity index (χ3n) is 4.04. The molecular weight excluding hydrogens is 256 g/mol. The van der Waals surface area contributed by atoms with Crippen molar-refractivity contribution < 1.29 is 9.53 Å². The van der Waals surface area contributed by atoms with Gasteiger partial charge in [-0.3, -0.25) is 0 Å². The van der Waals surface area contributed by atoms with Crippen molar-refractivity contribution in [2.24, 2.45) is 5.92 Å². The number of benzene rings is 1. The highest BCUT2D eigenvalue weighted by Crippen LogP contribution is 2.52. The van der Waals surface area contributed by atoms with E-state index in [9.17, 15) is 4.79 Å². The minimum atomic E-state index is -0.168. The van der Waals surface area contributed by atoms with Gasteiger partial charge in [0.05, 0.1) is 12.0 Å². The van der Waals surface area contributed by atoms with Gasteiger partial charge in [0, 0.05) is 5.25 Å². The lowest BCUT2D eigenvalue weighted by molar-refractivity contribution is -0.135. The number of methoxy groups -OCH3 is 1. The Bertz CT molecular complexity index is 507. The van der Waals surface area contributed by atoms with Crippen molar-refractivity contribution in [3.8, 4) is 0 Å². The lowest BCUT2D eigenvalue weighted by Gasteiger charge is -2.26. The molecule has 2 atom stereocenters. The van der Waals surface area contributed by atoms with E-state index < -0.39 is 0 Å². The van der Waals surface area contributed by atoms with Crippen LogP contribution in [0.15, 0.2) is 35.2 Å². The molecule has 0 saturated heterocycles. The Balaban J connectivity index is 2.04. The molecule has 0 N–H and O–H groups in total. The van der Waals surface area contributed by atoms with Crippen LogP contribution in [0.4, 0.5) is 0 Å². The lowest BCUT2D eigenvalue weighted by Crippen LogP contribution is -2.18. The van der Waals surface area contributed by atoms with E-state index in [0.717, 1.165) is 4.91 Å². The molecule has 1 fully saturated rings. The van der Waals surface area contributed by atoms with E-state index in [1.807, 2.05) is 18.2 Å². The fourth-order valence-corrected chi connectivity index (χ4v) is 4.76. The number of carbonyl (C=O) groups is 1. The van der Waals surface area contributed by atoms with Crippen molar-refractivity contribution in [2.45, 2.75) is 30.9 Å². The van der Waals surface area contributed by atoms with Crippen molar-refractivity contribution in [3.63, 3.8) is 0 Å². The van der Waals surface area contributed by atoms with E-state index in [1.54, 1.807) is 11.8 Å². The third-order valence-corrected chi connectivity index (χ3v) is 5.53. The summed E-state index contributed by atoms with van der Waals surface area (Å²) < 4.78 is 4.97. The summed E-state index contributed by atoms with van der Waals surface area (Å²) in [4.78, 5) is 12.9. The molecule has 0 radical (unpaired) electrons. The van der Waals surface area contributed by atoms with Crippen LogP contribution in [0, 0.1) is 5.92 Å². The van der Waals surface area contributed by atoms with Gasteiger partial charge in [-0.15, -0.1) is 11.8 Å². The zero-order valence-electron chi connectivity index (χ0n) is 11.1. The predicted octanol–water partition coefficient (Wildman–Crippen LogP) is 3.88. The maximum Gasteiger partial charge on any atom is 0.344 e. The molecule has 1 unspecified atom stereocenters. The molecule has 100 valence electrons. The van der Waals surface area contributed by atoms with Crippen LogP contribution in [0.2, 0.25) is 0 Å². The quantitative estimate of drug-likeness (QED) is 0.766. The molecule has 3 rings (SSSR count). The maximum absolute atomic E-state index is 12.0. The van der Waals surface area contributed by atoms with E-state index in [4.69, 9.17) is 4.74 Å². The minimum Gasteiger partial charge on any atom is -0.465 e. The third kappa shape index (κ3) is 2.32. The molecule has 1 aliphatic heterocycles. The fourth-order valence-electron chi connectivity index (χ4n) is 3.17. The number of carbonyl (C=O) groups excluding carboxylic acids is 1. The van der Waals surface area contributed by atoms with Crippen molar-refractivity contribution in [1.82, 2.24) is 0 Å². The Kier molecular flexibility index (Phi) is 3.65. The van der Waals surface area contributed by atoms with Gasteiger partial charge in [-0.2, -0.15) is 0 Å². The van der Waals surface area contributed by atoms with Gasteiger partial charge in [-0.1, -0.05) is 43.2 Å². The Hall–Kier alpha value is -1.22. The number of hydrogen-bond acceptors (Lipinski definition) is 3. The molecule has 0 bridgehead atoms. The van der Waals surface area contributed by atoms with Gasteiger partial charge < -0.3 is 4.74 Å². The molecule has 1 aliphatic carbocycles. The molecule has 1 aromatic rings. The van der Waals surface area contributed by atoms with Crippen LogP contribution in [-0.4, -0.2) is 18.3 Å². The van der Waals surface area contributed by atoms with Crippen LogP contribution < -0.4 is 0 Å². The average Bonchev–Trinajstić information content (AvgIpc) is 2.86. The highest BCUT2D eigenvalue weighted by Gasteiger charge is 2.40. The number of hydrogen-bond donors (Lipinski definition) is 0. The first-order chi connectivity index (χ1) is 9.31. The van der Waals surface area contributed by atoms with Gasteiger partial charge in [-0.05, 0) is 29.9 Å². The Morgan fingerprint density at radius 1 is 1.21 bits per heavy atom. The van der Waals surface area contributed by atoms with Gasteiger partial charge in [0.2, 0.25) is 0 Å². The fraction of sp³-hybridized carbons (Fsp3) is 0.438. The molecule has 0 spiro atoms. The number of allylic oxidation sites excluding steroid dienone is 1. The Morgan fingerprint density at radius 2 is 1.95 bits per heavy atom. The molecule has 1 saturated carbocycles. The topological polar surface area (TPSA) is 26.3 Å². The molecule has 1 aromatic carbocycles. The van der Waals surface area contributed by atoms with Gasteiger partial charge in [-0.25, -0.2) is 4.79 Å². The SMILES string of the molecule is COC(=O)C1=C(c2ccccc2)[C@@H]2CCCCC2S1. The minimum absolute atomic E-state index is 0.168. The normalized spacial score (nSPS) is 26.2. The van der Waals surface area contributed by atoms with Gasteiger partial charge >= 0.3 is 5.97 Å². The summed E-state index contributed by atoms with van der Waals surface area (Å²) >= 11 is 1.74. The van der Waals surface area contributed by atoms with Crippen LogP contribution in [0.1, 0.15) is 31.2 Å². The number of fused-ring (bicyclic) bond motifs is 1. The molecule has 19 heavy (non-hydrogen) atoms. The molecular formula is C16H18O2S. The zero-order chi connectivity index (χ0) is 13.2. The number of esters is 1. The van der Waals surface area contributed by atoms with Crippen LogP contribution in [-0.2, 0) is 9.53 Å². The largest absolute Gasteiger partial charge is 0.465 e. The van der Waals surface area contributed by atoms with Crippen LogP contribution in [0.5, 0.6) is 0 Å². The van der Waals surface area contributed by atoms with E-state index in [-0.39, 0.29) is 5.97 Å². The van der Waals surface area contributed by atoms with Crippen molar-refractivity contribution >= 4 is 23.3 Å². The predicted molar refractivity (Wildman–Crippen MR) is 78.7 cm³/mol. The first-order valence-electron chi connectivity index (χ1n) is 6.86. The summed E-state index contributed by atoms with van der Waals surface area (Å²) in [6.07, 6.45) is 4.96. The summed E-state index contributed by atoms with van der Waals surface area (Å²) in [5, 5.41) is 0.568. The van der Waals surface area contributed by atoms with Gasteiger partial charge in [0.15, 0.2) is 0 Å². The van der Waals surface area contributed by atoms with E-state index in [2.05, 4.69) is 12.1 Å². The molecule has 2 nitrogen and oxygen atoms in total. The monoisotopic (exact) mass is 274 g/mol. The van der Waals surface area contributed by atoms with Crippen molar-refractivity contribution in [3.05, 3.63) is 40.8 Å². The Morgan fingerprint density at radius 3 is 2.68 bits per heavy atom. The first kappa shape index (κ1) is 12.8. The second kappa shape index (κ2) is 5.41. The summed E-state index contributed by atoms with van der Waals surface area (Å²) in [6.45, 7) is 0. The van der Waals surface area contributed by atoms with Crippen LogP contribution in [0.3, 0.4) is 0 Å². The van der Waals surface area contributed by atoms with E-state index in [0.29, 0.717) is 11.2 Å². The first-order valence-corrected chi connectivity index (χ1v) is 7.74. The molecule has 2 aliphatic rings. The number of rotatable bonds is 2. The second-order valence-corrected chi connectivity index (χ2v) is 6.40. The summed E-state index contributed by atoms with van der Waals surface area (Å²) in [7, 11) is 1.47. The van der Waals surface area contributed by atoms with Gasteiger partial charge in [0.25, 0.3) is 0 Å². The van der Waals surface area contributed by atoms with Crippen LogP contribution >= 0.6 is 11.8 Å². The number of ether oxygens (including phenoxy) is 1. The maximum atomic E-state index is 12.0. The summed E-state index contributed by atoms with van der Waals surface area (Å²) in [6, 6.07) is 10.3. The zero-order valence-corrected chi connectivity index (χ0v) is 11.9. The van der Waals surface area contributed by atoms with E-state index in [1.165, 1.54) is 43.9 Å². The lowest BCUT2D eigenvalue weighted by atomic mass is 9.80. The number of thioether (sulfide) groups is 1. The van der Waals surface area contributed by atoms with Gasteiger partial charge in [0.1, 0.15) is 0 Å². The average molecular weight is 274 g/mol. The molecule has 0 aromatic heterocycles. The highest BCUT2D eigenvalue weighted by molar-refractivity contribution is 8.05. The standard InChI is InChI=1S/C16H18O2S/c1-18-16(17)15-14(11-7-3-2-4-8-11)12-9-5-6-10-13(12)19-15/h2-4,7-8,12-13H,5-6,9-10H2,1H3/t12-,13?/m1/s1. The van der Waals surface area contributed by atoms with Crippen molar-refractivity contribution in [2.75, 3.05) is 7.11 Å². The Labute approximate surface area is 118 Å². The molecule has 1 heterocycles.